The predicted molar refractivity (Wildman–Crippen MR) is 153 cm³/mol. The normalized spacial score (nSPS) is 11.8. The summed E-state index contributed by atoms with van der Waals surface area (Å²) in [7, 11) is 0. The van der Waals surface area contributed by atoms with E-state index >= 15 is 0 Å². The highest BCUT2D eigenvalue weighted by Crippen LogP contribution is 2.26. The fourth-order valence-electron chi connectivity index (χ4n) is 3.91. The molecular formula is C30H38N4O7. The molecule has 220 valence electrons. The second-order valence-corrected chi connectivity index (χ2v) is 9.02. The van der Waals surface area contributed by atoms with Crippen LogP contribution in [0.15, 0.2) is 48.5 Å². The summed E-state index contributed by atoms with van der Waals surface area (Å²) >= 11 is 0. The van der Waals surface area contributed by atoms with Crippen LogP contribution >= 0.6 is 0 Å². The highest BCUT2D eigenvalue weighted by Gasteiger charge is 2.21. The van der Waals surface area contributed by atoms with Crippen LogP contribution in [0.3, 0.4) is 0 Å². The molecule has 0 bridgehead atoms. The molecule has 1 aliphatic rings. The number of rotatable bonds is 18. The third kappa shape index (κ3) is 11.7. The fraction of sp³-hybridized carbons (Fsp3) is 0.433. The molecule has 0 aromatic heterocycles. The summed E-state index contributed by atoms with van der Waals surface area (Å²) in [6, 6.07) is 15.3. The molecule has 2 aromatic rings. The maximum atomic E-state index is 13.2. The molecule has 4 N–H and O–H groups in total. The first-order valence-electron chi connectivity index (χ1n) is 13.6. The monoisotopic (exact) mass is 566 g/mol. The minimum Gasteiger partial charge on any atom is -0.379 e. The summed E-state index contributed by atoms with van der Waals surface area (Å²) < 4.78 is 21.5. The number of hydrazine groups is 1. The maximum absolute atomic E-state index is 13.2. The summed E-state index contributed by atoms with van der Waals surface area (Å²) in [6.45, 7) is 3.80. The Kier molecular flexibility index (Phi) is 14.3. The van der Waals surface area contributed by atoms with Gasteiger partial charge in [-0.05, 0) is 23.8 Å². The van der Waals surface area contributed by atoms with Crippen LogP contribution < -0.4 is 21.5 Å². The highest BCUT2D eigenvalue weighted by atomic mass is 16.6. The lowest BCUT2D eigenvalue weighted by Crippen LogP contribution is -2.34. The Hall–Kier alpha value is -3.79. The van der Waals surface area contributed by atoms with Gasteiger partial charge in [0.25, 0.3) is 0 Å². The predicted octanol–water partition coefficient (Wildman–Crippen LogP) is 1.28. The van der Waals surface area contributed by atoms with Crippen LogP contribution in [0.5, 0.6) is 0 Å². The topological polar surface area (TPSA) is 141 Å². The van der Waals surface area contributed by atoms with Crippen LogP contribution in [0.25, 0.3) is 0 Å². The number of benzene rings is 2. The van der Waals surface area contributed by atoms with Gasteiger partial charge in [-0.2, -0.15) is 0 Å². The van der Waals surface area contributed by atoms with Gasteiger partial charge < -0.3 is 29.2 Å². The van der Waals surface area contributed by atoms with E-state index in [0.29, 0.717) is 59.3 Å². The Balaban J connectivity index is 1.23. The summed E-state index contributed by atoms with van der Waals surface area (Å²) in [5.41, 5.74) is 5.43. The van der Waals surface area contributed by atoms with Gasteiger partial charge in [0.05, 0.1) is 71.5 Å². The second-order valence-electron chi connectivity index (χ2n) is 9.02. The van der Waals surface area contributed by atoms with Gasteiger partial charge in [-0.1, -0.05) is 42.2 Å². The van der Waals surface area contributed by atoms with Crippen molar-refractivity contribution in [2.45, 2.75) is 25.8 Å². The van der Waals surface area contributed by atoms with E-state index in [4.69, 9.17) is 24.8 Å². The Morgan fingerprint density at radius 3 is 2.00 bits per heavy atom. The number of nitrogens with one attached hydrogen (secondary N) is 2. The second kappa shape index (κ2) is 18.5. The zero-order valence-electron chi connectivity index (χ0n) is 23.2. The molecule has 41 heavy (non-hydrogen) atoms. The van der Waals surface area contributed by atoms with Crippen molar-refractivity contribution in [2.24, 2.45) is 5.84 Å². The zero-order valence-corrected chi connectivity index (χ0v) is 23.2. The SMILES string of the molecule is NNC(=O)CCOCCOCCOCCOCCNC(=O)CCC(=O)N1Cc2ccccc2C#Cc2ccccc21. The number of carbonyl (C=O) groups excluding carboxylic acids is 3. The van der Waals surface area contributed by atoms with Crippen molar-refractivity contribution in [3.8, 4) is 11.8 Å². The lowest BCUT2D eigenvalue weighted by atomic mass is 10.0. The molecule has 0 unspecified atom stereocenters. The average Bonchev–Trinajstić information content (AvgIpc) is 2.98. The average molecular weight is 567 g/mol. The number of ether oxygens (including phenoxy) is 4. The summed E-state index contributed by atoms with van der Waals surface area (Å²) in [6.07, 6.45) is 0.384. The van der Waals surface area contributed by atoms with E-state index in [-0.39, 0.29) is 43.6 Å². The number of nitrogens with two attached hydrogens (primary N) is 1. The van der Waals surface area contributed by atoms with Crippen molar-refractivity contribution in [1.82, 2.24) is 10.7 Å². The van der Waals surface area contributed by atoms with Gasteiger partial charge in [-0.15, -0.1) is 0 Å². The third-order valence-corrected chi connectivity index (χ3v) is 6.06. The Labute approximate surface area is 240 Å². The number of hydrogen-bond acceptors (Lipinski definition) is 8. The number of fused-ring (bicyclic) bond motifs is 2. The number of hydrogen-bond donors (Lipinski definition) is 3. The van der Waals surface area contributed by atoms with E-state index in [2.05, 4.69) is 17.2 Å². The van der Waals surface area contributed by atoms with Gasteiger partial charge in [0.1, 0.15) is 0 Å². The van der Waals surface area contributed by atoms with Crippen molar-refractivity contribution in [3.05, 3.63) is 65.2 Å². The van der Waals surface area contributed by atoms with Crippen LogP contribution in [-0.4, -0.2) is 77.1 Å². The molecule has 11 heteroatoms. The van der Waals surface area contributed by atoms with Gasteiger partial charge in [0, 0.05) is 30.5 Å². The molecular weight excluding hydrogens is 528 g/mol. The molecule has 3 rings (SSSR count). The molecule has 0 aliphatic carbocycles. The largest absolute Gasteiger partial charge is 0.379 e. The third-order valence-electron chi connectivity index (χ3n) is 6.06. The lowest BCUT2D eigenvalue weighted by Gasteiger charge is -2.26. The molecule has 1 aliphatic heterocycles. The van der Waals surface area contributed by atoms with Crippen molar-refractivity contribution in [2.75, 3.05) is 64.3 Å². The Bertz CT molecular complexity index is 1190. The van der Waals surface area contributed by atoms with Crippen LogP contribution in [0.1, 0.15) is 36.0 Å². The molecule has 0 radical (unpaired) electrons. The van der Waals surface area contributed by atoms with Crippen LogP contribution in [-0.2, 0) is 39.9 Å². The van der Waals surface area contributed by atoms with Crippen LogP contribution in [0, 0.1) is 11.8 Å². The van der Waals surface area contributed by atoms with Crippen LogP contribution in [0.2, 0.25) is 0 Å². The van der Waals surface area contributed by atoms with E-state index < -0.39 is 0 Å². The summed E-state index contributed by atoms with van der Waals surface area (Å²) in [4.78, 5) is 38.2. The minimum absolute atomic E-state index is 0.0853. The van der Waals surface area contributed by atoms with Crippen molar-refractivity contribution >= 4 is 23.4 Å². The molecule has 2 aromatic carbocycles. The van der Waals surface area contributed by atoms with E-state index in [9.17, 15) is 14.4 Å². The van der Waals surface area contributed by atoms with Crippen molar-refractivity contribution in [3.63, 3.8) is 0 Å². The van der Waals surface area contributed by atoms with E-state index in [1.807, 2.05) is 54.0 Å². The smallest absolute Gasteiger partial charge is 0.236 e. The Morgan fingerprint density at radius 1 is 0.707 bits per heavy atom. The first-order valence-corrected chi connectivity index (χ1v) is 13.6. The standard InChI is InChI=1S/C30H38N4O7/c31-33-29(36)13-15-38-17-19-40-21-22-41-20-18-39-16-14-32-28(35)11-12-30(37)34-23-26-7-2-1-5-24(26)9-10-25-6-3-4-8-27(25)34/h1-8H,11-23,31H2,(H,32,35)(H,33,36). The number of carbonyl (C=O) groups is 3. The van der Waals surface area contributed by atoms with Gasteiger partial charge >= 0.3 is 0 Å². The van der Waals surface area contributed by atoms with E-state index in [0.717, 1.165) is 22.4 Å². The lowest BCUT2D eigenvalue weighted by molar-refractivity contribution is -0.125. The fourth-order valence-corrected chi connectivity index (χ4v) is 3.91. The van der Waals surface area contributed by atoms with Gasteiger partial charge in [-0.3, -0.25) is 19.8 Å². The molecule has 3 amide bonds. The van der Waals surface area contributed by atoms with E-state index in [1.165, 1.54) is 0 Å². The number of amides is 3. The zero-order chi connectivity index (χ0) is 29.1. The maximum Gasteiger partial charge on any atom is 0.236 e. The highest BCUT2D eigenvalue weighted by molar-refractivity contribution is 5.96. The molecule has 0 saturated carbocycles. The molecule has 0 saturated heterocycles. The van der Waals surface area contributed by atoms with E-state index in [1.54, 1.807) is 4.90 Å². The minimum atomic E-state index is -0.274. The molecule has 0 atom stereocenters. The summed E-state index contributed by atoms with van der Waals surface area (Å²) in [5.74, 6) is 10.7. The Morgan fingerprint density at radius 2 is 1.29 bits per heavy atom. The molecule has 11 nitrogen and oxygen atoms in total. The number of nitrogens with zero attached hydrogens (tertiary/aromatic N) is 1. The van der Waals surface area contributed by atoms with Crippen molar-refractivity contribution < 1.29 is 33.3 Å². The quantitative estimate of drug-likeness (QED) is 0.0806. The molecule has 1 heterocycles. The van der Waals surface area contributed by atoms with Gasteiger partial charge in [-0.25, -0.2) is 5.84 Å². The van der Waals surface area contributed by atoms with Crippen molar-refractivity contribution in [1.29, 1.82) is 0 Å². The van der Waals surface area contributed by atoms with Gasteiger partial charge in [0.2, 0.25) is 17.7 Å². The summed E-state index contributed by atoms with van der Waals surface area (Å²) in [5, 5.41) is 2.79. The molecule has 0 fully saturated rings. The number of anilines is 1. The first kappa shape index (κ1) is 31.7. The number of para-hydroxylation sites is 1. The first-order chi connectivity index (χ1) is 20.1. The molecule has 0 spiro atoms. The van der Waals surface area contributed by atoms with Crippen LogP contribution in [0.4, 0.5) is 5.69 Å². The van der Waals surface area contributed by atoms with Gasteiger partial charge in [0.15, 0.2) is 0 Å².